The highest BCUT2D eigenvalue weighted by molar-refractivity contribution is 7.91. The highest BCUT2D eigenvalue weighted by Crippen LogP contribution is 2.20. The number of methoxy groups -OCH3 is 1. The predicted molar refractivity (Wildman–Crippen MR) is 95.1 cm³/mol. The molecule has 0 radical (unpaired) electrons. The molecule has 146 valence electrons. The van der Waals surface area contributed by atoms with Crippen LogP contribution in [0.2, 0.25) is 0 Å². The van der Waals surface area contributed by atoms with Gasteiger partial charge in [-0.15, -0.1) is 0 Å². The number of carbonyl (C=O) groups excluding carboxylic acids is 1. The fourth-order valence-electron chi connectivity index (χ4n) is 2.45. The lowest BCUT2D eigenvalue weighted by Crippen LogP contribution is -2.31. The van der Waals surface area contributed by atoms with Crippen LogP contribution in [0.15, 0.2) is 53.7 Å². The predicted octanol–water partition coefficient (Wildman–Crippen LogP) is 2.36. The van der Waals surface area contributed by atoms with Gasteiger partial charge in [0.15, 0.2) is 9.92 Å². The molecule has 8 nitrogen and oxygen atoms in total. The summed E-state index contributed by atoms with van der Waals surface area (Å²) in [6.45, 7) is 0.334. The number of amides is 1. The van der Waals surface area contributed by atoms with Crippen LogP contribution in [0.1, 0.15) is 16.1 Å². The number of pyridine rings is 1. The van der Waals surface area contributed by atoms with Gasteiger partial charge in [-0.1, -0.05) is 6.07 Å². The number of nitrogens with zero attached hydrogens (tertiary/aromatic N) is 3. The Labute approximate surface area is 159 Å². The van der Waals surface area contributed by atoms with E-state index in [9.17, 15) is 17.8 Å². The second-order valence-corrected chi connectivity index (χ2v) is 7.33. The Morgan fingerprint density at radius 1 is 1.25 bits per heavy atom. The summed E-state index contributed by atoms with van der Waals surface area (Å²) < 4.78 is 56.4. The summed E-state index contributed by atoms with van der Waals surface area (Å²) in [5.41, 5.74) is 0.396. The number of aromatic nitrogens is 3. The minimum absolute atomic E-state index is 0.122. The van der Waals surface area contributed by atoms with Gasteiger partial charge in [0.2, 0.25) is 5.88 Å². The molecule has 1 unspecified atom stereocenters. The zero-order chi connectivity index (χ0) is 20.3. The maximum atomic E-state index is 13.8. The number of hydrogen-bond donors (Lipinski definition) is 2. The van der Waals surface area contributed by atoms with Crippen LogP contribution in [0.5, 0.6) is 5.88 Å². The average molecular weight is 407 g/mol. The molecule has 3 rings (SSSR count). The molecule has 0 aliphatic rings. The van der Waals surface area contributed by atoms with E-state index in [-0.39, 0.29) is 11.6 Å². The summed E-state index contributed by atoms with van der Waals surface area (Å²) in [7, 11) is -2.92. The van der Waals surface area contributed by atoms with Crippen molar-refractivity contribution in [1.82, 2.24) is 19.5 Å². The first kappa shape index (κ1) is 19.4. The van der Waals surface area contributed by atoms with Crippen molar-refractivity contribution in [3.8, 4) is 5.88 Å². The van der Waals surface area contributed by atoms with Crippen molar-refractivity contribution in [3.63, 3.8) is 0 Å². The molecule has 2 N–H and O–H groups in total. The lowest BCUT2D eigenvalue weighted by molar-refractivity contribution is 0.0976. The molecule has 1 amide bonds. The molecule has 0 saturated heterocycles. The van der Waals surface area contributed by atoms with Gasteiger partial charge >= 0.3 is 0 Å². The largest absolute Gasteiger partial charge is 0.481 e. The Kier molecular flexibility index (Phi) is 5.36. The third-order valence-electron chi connectivity index (χ3n) is 3.70. The van der Waals surface area contributed by atoms with E-state index < -0.39 is 32.4 Å². The van der Waals surface area contributed by atoms with Crippen LogP contribution in [-0.4, -0.2) is 32.0 Å². The number of benzene rings is 1. The van der Waals surface area contributed by atoms with Crippen LogP contribution < -0.4 is 9.46 Å². The SMILES string of the molecule is COc1nc(C(=O)NS(=N)(=O)c2c(F)cccc2F)ccc1Cn1cccn1. The lowest BCUT2D eigenvalue weighted by Gasteiger charge is -2.13. The van der Waals surface area contributed by atoms with E-state index in [1.807, 2.05) is 4.72 Å². The number of ether oxygens (including phenoxy) is 1. The zero-order valence-electron chi connectivity index (χ0n) is 14.6. The topological polar surface area (TPSA) is 110 Å². The van der Waals surface area contributed by atoms with Gasteiger partial charge in [-0.05, 0) is 30.3 Å². The molecule has 2 heterocycles. The van der Waals surface area contributed by atoms with E-state index in [0.717, 1.165) is 18.2 Å². The van der Waals surface area contributed by atoms with Crippen molar-refractivity contribution < 1.29 is 22.5 Å². The van der Waals surface area contributed by atoms with E-state index >= 15 is 0 Å². The third kappa shape index (κ3) is 3.98. The fourth-order valence-corrected chi connectivity index (χ4v) is 3.61. The van der Waals surface area contributed by atoms with E-state index in [4.69, 9.17) is 9.52 Å². The molecular weight excluding hydrogens is 392 g/mol. The first-order valence-electron chi connectivity index (χ1n) is 7.88. The normalized spacial score (nSPS) is 13.0. The first-order chi connectivity index (χ1) is 13.3. The quantitative estimate of drug-likeness (QED) is 0.652. The summed E-state index contributed by atoms with van der Waals surface area (Å²) >= 11 is 0. The van der Waals surface area contributed by atoms with E-state index in [1.165, 1.54) is 13.2 Å². The number of nitrogens with one attached hydrogen (secondary N) is 2. The van der Waals surface area contributed by atoms with Crippen molar-refractivity contribution in [2.45, 2.75) is 11.4 Å². The van der Waals surface area contributed by atoms with Gasteiger partial charge < -0.3 is 4.74 Å². The minimum Gasteiger partial charge on any atom is -0.481 e. The van der Waals surface area contributed by atoms with Crippen LogP contribution >= 0.6 is 0 Å². The highest BCUT2D eigenvalue weighted by atomic mass is 32.2. The second-order valence-electron chi connectivity index (χ2n) is 5.61. The lowest BCUT2D eigenvalue weighted by atomic mass is 10.2. The molecule has 11 heteroatoms. The number of halogens is 2. The summed E-state index contributed by atoms with van der Waals surface area (Å²) in [6.07, 6.45) is 3.34. The van der Waals surface area contributed by atoms with Gasteiger partial charge in [-0.3, -0.25) is 14.2 Å². The monoisotopic (exact) mass is 407 g/mol. The molecule has 1 aromatic carbocycles. The minimum atomic E-state index is -4.28. The number of rotatable bonds is 6. The van der Waals surface area contributed by atoms with Gasteiger partial charge in [0.25, 0.3) is 5.91 Å². The number of carbonyl (C=O) groups is 1. The number of hydrogen-bond acceptors (Lipinski definition) is 6. The average Bonchev–Trinajstić information content (AvgIpc) is 3.14. The Bertz CT molecular complexity index is 1100. The second kappa shape index (κ2) is 7.72. The zero-order valence-corrected chi connectivity index (χ0v) is 15.4. The third-order valence-corrected chi connectivity index (χ3v) is 5.14. The molecule has 0 fully saturated rings. The van der Waals surface area contributed by atoms with Crippen LogP contribution in [-0.2, 0) is 16.5 Å². The highest BCUT2D eigenvalue weighted by Gasteiger charge is 2.24. The molecule has 0 spiro atoms. The maximum Gasteiger partial charge on any atom is 0.282 e. The van der Waals surface area contributed by atoms with Gasteiger partial charge in [0.1, 0.15) is 22.2 Å². The van der Waals surface area contributed by atoms with Gasteiger partial charge in [-0.2, -0.15) is 5.10 Å². The van der Waals surface area contributed by atoms with E-state index in [0.29, 0.717) is 12.1 Å². The summed E-state index contributed by atoms with van der Waals surface area (Å²) in [5, 5.41) is 4.06. The van der Waals surface area contributed by atoms with Gasteiger partial charge in [0, 0.05) is 18.0 Å². The van der Waals surface area contributed by atoms with Crippen molar-refractivity contribution in [2.24, 2.45) is 0 Å². The van der Waals surface area contributed by atoms with Crippen LogP contribution in [0.4, 0.5) is 8.78 Å². The first-order valence-corrected chi connectivity index (χ1v) is 9.44. The molecule has 28 heavy (non-hydrogen) atoms. The van der Waals surface area contributed by atoms with E-state index in [1.54, 1.807) is 29.2 Å². The Hall–Kier alpha value is -3.34. The molecule has 3 aromatic rings. The molecule has 0 bridgehead atoms. The Balaban J connectivity index is 1.86. The van der Waals surface area contributed by atoms with Crippen LogP contribution in [0.3, 0.4) is 0 Å². The maximum absolute atomic E-state index is 13.8. The Morgan fingerprint density at radius 2 is 1.96 bits per heavy atom. The van der Waals surface area contributed by atoms with Crippen molar-refractivity contribution in [1.29, 1.82) is 4.78 Å². The molecule has 0 saturated carbocycles. The van der Waals surface area contributed by atoms with Crippen molar-refractivity contribution >= 4 is 15.8 Å². The van der Waals surface area contributed by atoms with Gasteiger partial charge in [-0.25, -0.2) is 22.8 Å². The summed E-state index contributed by atoms with van der Waals surface area (Å²) in [6, 6.07) is 7.39. The van der Waals surface area contributed by atoms with Crippen LogP contribution in [0, 0.1) is 16.4 Å². The molecule has 0 aliphatic carbocycles. The van der Waals surface area contributed by atoms with E-state index in [2.05, 4.69) is 10.1 Å². The molecule has 0 aliphatic heterocycles. The fraction of sp³-hybridized carbons (Fsp3) is 0.118. The Morgan fingerprint density at radius 3 is 2.57 bits per heavy atom. The van der Waals surface area contributed by atoms with Gasteiger partial charge in [0.05, 0.1) is 13.7 Å². The summed E-state index contributed by atoms with van der Waals surface area (Å²) in [4.78, 5) is 15.4. The summed E-state index contributed by atoms with van der Waals surface area (Å²) in [5.74, 6) is -3.30. The molecule has 1 atom stereocenters. The standard InChI is InChI=1S/C17H15F2N5O3S/c1-27-17-11(10-24-9-3-8-21-24)6-7-14(22-17)16(25)23-28(20,26)15-12(18)4-2-5-13(15)19/h2-9H,10H2,1H3,(H2,20,23,25,26). The molecule has 2 aromatic heterocycles. The smallest absolute Gasteiger partial charge is 0.282 e. The molecular formula is C17H15F2N5O3S. The van der Waals surface area contributed by atoms with Crippen LogP contribution in [0.25, 0.3) is 0 Å². The van der Waals surface area contributed by atoms with Crippen molar-refractivity contribution in [3.05, 3.63) is 71.7 Å². The van der Waals surface area contributed by atoms with Crippen molar-refractivity contribution in [2.75, 3.05) is 7.11 Å².